The molecule has 0 atom stereocenters. The van der Waals surface area contributed by atoms with Gasteiger partial charge in [0.25, 0.3) is 5.91 Å². The van der Waals surface area contributed by atoms with Gasteiger partial charge in [-0.05, 0) is 19.1 Å². The lowest BCUT2D eigenvalue weighted by atomic mass is 10.1. The largest absolute Gasteiger partial charge is 0.305 e. The third-order valence-corrected chi connectivity index (χ3v) is 3.22. The molecule has 2 aromatic carbocycles. The van der Waals surface area contributed by atoms with E-state index < -0.39 is 0 Å². The molecule has 0 fully saturated rings. The van der Waals surface area contributed by atoms with Crippen LogP contribution < -0.4 is 5.32 Å². The third kappa shape index (κ3) is 2.74. The van der Waals surface area contributed by atoms with Crippen molar-refractivity contribution in [2.75, 3.05) is 0 Å². The molecule has 0 spiro atoms. The Hall–Kier alpha value is -2.75. The van der Waals surface area contributed by atoms with Gasteiger partial charge in [0.05, 0.1) is 0 Å². The van der Waals surface area contributed by atoms with Crippen LogP contribution >= 0.6 is 0 Å². The van der Waals surface area contributed by atoms with Gasteiger partial charge in [-0.25, -0.2) is 9.38 Å². The second-order valence-corrected chi connectivity index (χ2v) is 4.83. The zero-order valence-electron chi connectivity index (χ0n) is 11.4. The first-order valence-electron chi connectivity index (χ1n) is 6.57. The summed E-state index contributed by atoms with van der Waals surface area (Å²) in [5.41, 5.74) is 2.50. The van der Waals surface area contributed by atoms with Crippen molar-refractivity contribution < 1.29 is 9.18 Å². The molecular weight excluding hydrogens is 267 g/mol. The molecule has 21 heavy (non-hydrogen) atoms. The lowest BCUT2D eigenvalue weighted by molar-refractivity contribution is -0.115. The van der Waals surface area contributed by atoms with Crippen LogP contribution in [0.1, 0.15) is 16.7 Å². The highest BCUT2D eigenvalue weighted by Crippen LogP contribution is 2.17. The zero-order chi connectivity index (χ0) is 14.8. The maximum absolute atomic E-state index is 13.6. The lowest BCUT2D eigenvalue weighted by Crippen LogP contribution is -2.24. The van der Waals surface area contributed by atoms with E-state index >= 15 is 0 Å². The number of hydrogen-bond acceptors (Lipinski definition) is 2. The van der Waals surface area contributed by atoms with Gasteiger partial charge in [-0.2, -0.15) is 0 Å². The van der Waals surface area contributed by atoms with E-state index in [2.05, 4.69) is 10.3 Å². The van der Waals surface area contributed by atoms with Crippen LogP contribution in [0.3, 0.4) is 0 Å². The normalized spacial score (nSPS) is 16.0. The molecule has 0 radical (unpaired) electrons. The summed E-state index contributed by atoms with van der Waals surface area (Å²) < 4.78 is 13.6. The summed E-state index contributed by atoms with van der Waals surface area (Å²) in [5.74, 6) is -0.215. The average Bonchev–Trinajstić information content (AvgIpc) is 2.83. The summed E-state index contributed by atoms with van der Waals surface area (Å²) in [4.78, 5) is 16.2. The Morgan fingerprint density at radius 3 is 2.52 bits per heavy atom. The Labute approximate surface area is 121 Å². The highest BCUT2D eigenvalue weighted by molar-refractivity contribution is 6.19. The maximum Gasteiger partial charge on any atom is 0.275 e. The molecule has 0 unspecified atom stereocenters. The second kappa shape index (κ2) is 5.32. The van der Waals surface area contributed by atoms with E-state index in [1.165, 1.54) is 12.1 Å². The molecule has 3 nitrogen and oxygen atoms in total. The molecule has 2 aromatic rings. The molecule has 1 aliphatic rings. The summed E-state index contributed by atoms with van der Waals surface area (Å²) in [5, 5.41) is 2.70. The van der Waals surface area contributed by atoms with Gasteiger partial charge in [0.2, 0.25) is 0 Å². The molecule has 4 heteroatoms. The van der Waals surface area contributed by atoms with Gasteiger partial charge in [0, 0.05) is 11.1 Å². The van der Waals surface area contributed by atoms with E-state index in [-0.39, 0.29) is 17.4 Å². The van der Waals surface area contributed by atoms with Gasteiger partial charge in [-0.1, -0.05) is 48.0 Å². The van der Waals surface area contributed by atoms with Crippen molar-refractivity contribution in [3.63, 3.8) is 0 Å². The molecule has 1 amide bonds. The van der Waals surface area contributed by atoms with Gasteiger partial charge >= 0.3 is 0 Å². The van der Waals surface area contributed by atoms with Crippen molar-refractivity contribution in [2.24, 2.45) is 4.99 Å². The van der Waals surface area contributed by atoms with Gasteiger partial charge in [0.1, 0.15) is 17.3 Å². The summed E-state index contributed by atoms with van der Waals surface area (Å²) >= 11 is 0. The molecule has 0 bridgehead atoms. The van der Waals surface area contributed by atoms with Crippen molar-refractivity contribution in [3.05, 3.63) is 76.7 Å². The van der Waals surface area contributed by atoms with E-state index in [0.717, 1.165) is 11.1 Å². The first-order chi connectivity index (χ1) is 10.1. The van der Waals surface area contributed by atoms with Crippen molar-refractivity contribution in [1.82, 2.24) is 5.32 Å². The van der Waals surface area contributed by atoms with E-state index in [0.29, 0.717) is 11.4 Å². The van der Waals surface area contributed by atoms with E-state index in [1.807, 2.05) is 31.2 Å². The Kier molecular flexibility index (Phi) is 3.36. The molecule has 0 aromatic heterocycles. The summed E-state index contributed by atoms with van der Waals surface area (Å²) in [6.45, 7) is 1.99. The molecule has 0 saturated heterocycles. The van der Waals surface area contributed by atoms with Crippen LogP contribution in [0.15, 0.2) is 59.2 Å². The fourth-order valence-corrected chi connectivity index (χ4v) is 2.06. The molecule has 1 N–H and O–H groups in total. The highest BCUT2D eigenvalue weighted by Gasteiger charge is 2.21. The number of carbonyl (C=O) groups is 1. The fourth-order valence-electron chi connectivity index (χ4n) is 2.06. The SMILES string of the molecule is Cc1ccc(C2=N/C(=C\c3ccccc3F)C(=O)N2)cc1. The fraction of sp³-hybridized carbons (Fsp3) is 0.0588. The van der Waals surface area contributed by atoms with Gasteiger partial charge in [-0.3, -0.25) is 4.79 Å². The number of nitrogens with one attached hydrogen (secondary N) is 1. The number of rotatable bonds is 2. The Morgan fingerprint density at radius 2 is 1.81 bits per heavy atom. The topological polar surface area (TPSA) is 41.5 Å². The first kappa shape index (κ1) is 13.2. The molecule has 0 aliphatic carbocycles. The predicted octanol–water partition coefficient (Wildman–Crippen LogP) is 3.05. The number of aliphatic imine (C=N–C) groups is 1. The number of benzene rings is 2. The molecule has 104 valence electrons. The number of hydrogen-bond donors (Lipinski definition) is 1. The predicted molar refractivity (Wildman–Crippen MR) is 80.2 cm³/mol. The number of aryl methyl sites for hydroxylation is 1. The molecule has 0 saturated carbocycles. The van der Waals surface area contributed by atoms with E-state index in [4.69, 9.17) is 0 Å². The van der Waals surface area contributed by atoms with Gasteiger partial charge in [-0.15, -0.1) is 0 Å². The summed E-state index contributed by atoms with van der Waals surface area (Å²) in [7, 11) is 0. The van der Waals surface area contributed by atoms with Crippen LogP contribution in [0.4, 0.5) is 4.39 Å². The average molecular weight is 280 g/mol. The van der Waals surface area contributed by atoms with Gasteiger partial charge < -0.3 is 5.32 Å². The third-order valence-electron chi connectivity index (χ3n) is 3.22. The summed E-state index contributed by atoms with van der Waals surface area (Å²) in [6.07, 6.45) is 1.45. The van der Waals surface area contributed by atoms with E-state index in [9.17, 15) is 9.18 Å². The van der Waals surface area contributed by atoms with Crippen molar-refractivity contribution in [1.29, 1.82) is 0 Å². The van der Waals surface area contributed by atoms with Crippen LogP contribution in [-0.4, -0.2) is 11.7 Å². The van der Waals surface area contributed by atoms with E-state index in [1.54, 1.807) is 18.2 Å². The molecule has 1 aliphatic heterocycles. The molecule has 1 heterocycles. The molecule has 3 rings (SSSR count). The van der Waals surface area contributed by atoms with Crippen LogP contribution in [0.5, 0.6) is 0 Å². The van der Waals surface area contributed by atoms with Crippen LogP contribution in [-0.2, 0) is 4.79 Å². The smallest absolute Gasteiger partial charge is 0.275 e. The Bertz CT molecular complexity index is 761. The number of halogens is 1. The van der Waals surface area contributed by atoms with Crippen LogP contribution in [0, 0.1) is 12.7 Å². The van der Waals surface area contributed by atoms with Crippen molar-refractivity contribution in [3.8, 4) is 0 Å². The monoisotopic (exact) mass is 280 g/mol. The lowest BCUT2D eigenvalue weighted by Gasteiger charge is -2.00. The maximum atomic E-state index is 13.6. The minimum Gasteiger partial charge on any atom is -0.305 e. The second-order valence-electron chi connectivity index (χ2n) is 4.83. The Morgan fingerprint density at radius 1 is 1.10 bits per heavy atom. The summed E-state index contributed by atoms with van der Waals surface area (Å²) in [6, 6.07) is 13.9. The minimum atomic E-state index is -0.378. The van der Waals surface area contributed by atoms with Crippen LogP contribution in [0.2, 0.25) is 0 Å². The standard InChI is InChI=1S/C17H13FN2O/c1-11-6-8-12(9-7-11)16-19-15(17(21)20-16)10-13-4-2-3-5-14(13)18/h2-10H,1H3,(H,19,20,21)/b15-10-. The van der Waals surface area contributed by atoms with Crippen molar-refractivity contribution in [2.45, 2.75) is 6.92 Å². The zero-order valence-corrected chi connectivity index (χ0v) is 11.4. The van der Waals surface area contributed by atoms with Crippen LogP contribution in [0.25, 0.3) is 6.08 Å². The number of nitrogens with zero attached hydrogens (tertiary/aromatic N) is 1. The highest BCUT2D eigenvalue weighted by atomic mass is 19.1. The van der Waals surface area contributed by atoms with Crippen molar-refractivity contribution >= 4 is 17.8 Å². The number of carbonyl (C=O) groups excluding carboxylic acids is 1. The quantitative estimate of drug-likeness (QED) is 0.844. The minimum absolute atomic E-state index is 0.204. The number of amides is 1. The first-order valence-corrected chi connectivity index (χ1v) is 6.57. The van der Waals surface area contributed by atoms with Gasteiger partial charge in [0.15, 0.2) is 0 Å². The Balaban J connectivity index is 1.96. The molecular formula is C17H13FN2O. The number of amidine groups is 1.